The van der Waals surface area contributed by atoms with Gasteiger partial charge in [0.2, 0.25) is 0 Å². The smallest absolute Gasteiger partial charge is 0.459 e. The van der Waals surface area contributed by atoms with Gasteiger partial charge in [0.25, 0.3) is 5.56 Å². The highest BCUT2D eigenvalue weighted by Gasteiger charge is 2.55. The van der Waals surface area contributed by atoms with Gasteiger partial charge in [0, 0.05) is 12.3 Å². The van der Waals surface area contributed by atoms with Crippen molar-refractivity contribution in [1.29, 1.82) is 0 Å². The van der Waals surface area contributed by atoms with Gasteiger partial charge in [0.15, 0.2) is 11.8 Å². The number of ether oxygens (including phenoxy) is 2. The lowest BCUT2D eigenvalue weighted by atomic mass is 9.97. The van der Waals surface area contributed by atoms with Crippen molar-refractivity contribution in [3.8, 4) is 18.1 Å². The Balaban J connectivity index is 1.83. The van der Waals surface area contributed by atoms with Crippen molar-refractivity contribution in [3.05, 3.63) is 63.4 Å². The number of H-pyrrole nitrogens is 1. The number of carbonyl (C=O) groups excluding carboxylic acids is 1. The zero-order chi connectivity index (χ0) is 26.5. The molecule has 1 aliphatic rings. The van der Waals surface area contributed by atoms with E-state index in [1.165, 1.54) is 12.1 Å². The summed E-state index contributed by atoms with van der Waals surface area (Å²) in [5.41, 5.74) is -3.69. The van der Waals surface area contributed by atoms with Crippen molar-refractivity contribution in [2.24, 2.45) is 0 Å². The van der Waals surface area contributed by atoms with E-state index in [4.69, 9.17) is 24.9 Å². The summed E-state index contributed by atoms with van der Waals surface area (Å²) in [5.74, 6) is 1.57. The number of carbonyl (C=O) groups is 1. The Morgan fingerprint density at radius 1 is 1.31 bits per heavy atom. The maximum Gasteiger partial charge on any atom is 0.459 e. The van der Waals surface area contributed by atoms with Gasteiger partial charge in [-0.15, -0.1) is 6.42 Å². The number of aliphatic hydroxyl groups is 2. The number of nitrogens with one attached hydrogen (secondary N) is 2. The van der Waals surface area contributed by atoms with Crippen LogP contribution in [-0.4, -0.2) is 62.8 Å². The van der Waals surface area contributed by atoms with Gasteiger partial charge < -0.3 is 24.2 Å². The summed E-state index contributed by atoms with van der Waals surface area (Å²) < 4.78 is 35.9. The van der Waals surface area contributed by atoms with Crippen LogP contribution in [0.3, 0.4) is 0 Å². The number of esters is 1. The Kier molecular flexibility index (Phi) is 8.52. The summed E-state index contributed by atoms with van der Waals surface area (Å²) >= 11 is 0. The van der Waals surface area contributed by atoms with Gasteiger partial charge in [-0.3, -0.25) is 23.7 Å². The Bertz CT molecular complexity index is 1270. The van der Waals surface area contributed by atoms with E-state index in [9.17, 15) is 29.2 Å². The van der Waals surface area contributed by atoms with E-state index in [0.29, 0.717) is 0 Å². The van der Waals surface area contributed by atoms with E-state index < -0.39 is 68.3 Å². The molecule has 0 amide bonds. The highest BCUT2D eigenvalue weighted by atomic mass is 31.2. The van der Waals surface area contributed by atoms with Crippen LogP contribution in [0.4, 0.5) is 0 Å². The largest absolute Gasteiger partial charge is 0.462 e. The maximum atomic E-state index is 13.5. The van der Waals surface area contributed by atoms with Gasteiger partial charge in [-0.25, -0.2) is 14.4 Å². The summed E-state index contributed by atoms with van der Waals surface area (Å²) in [6.45, 7) is 1.94. The molecule has 1 fully saturated rings. The number of rotatable bonds is 10. The molecule has 1 aliphatic heterocycles. The van der Waals surface area contributed by atoms with Crippen LogP contribution >= 0.6 is 7.75 Å². The lowest BCUT2D eigenvalue weighted by Crippen LogP contribution is -2.46. The molecular formula is C22H26N3O10P. The zero-order valence-electron chi connectivity index (χ0n) is 19.4. The minimum Gasteiger partial charge on any atom is -0.462 e. The predicted molar refractivity (Wildman–Crippen MR) is 125 cm³/mol. The first-order valence-electron chi connectivity index (χ1n) is 10.8. The number of benzene rings is 1. The fourth-order valence-electron chi connectivity index (χ4n) is 3.29. The SMILES string of the molecule is C#C[C@]1(COP(=O)(NCC(=O)OC(C)C)Oc2ccccc2)O[C@@H](n2ccc(=O)[nH]c2=O)[C@H](O)[C@@H]1O. The number of aromatic amines is 1. The normalized spacial score (nSPS) is 25.2. The summed E-state index contributed by atoms with van der Waals surface area (Å²) in [5, 5.41) is 23.6. The van der Waals surface area contributed by atoms with Crippen LogP contribution in [0, 0.1) is 12.3 Å². The first-order chi connectivity index (χ1) is 17.0. The van der Waals surface area contributed by atoms with Crippen molar-refractivity contribution < 1.29 is 38.1 Å². The van der Waals surface area contributed by atoms with E-state index in [2.05, 4.69) is 11.0 Å². The predicted octanol–water partition coefficient (Wildman–Crippen LogP) is -0.0959. The molecule has 2 heterocycles. The fourth-order valence-corrected chi connectivity index (χ4v) is 4.58. The lowest BCUT2D eigenvalue weighted by Gasteiger charge is -2.28. The molecule has 0 bridgehead atoms. The third-order valence-electron chi connectivity index (χ3n) is 5.00. The summed E-state index contributed by atoms with van der Waals surface area (Å²) in [7, 11) is -4.34. The van der Waals surface area contributed by atoms with E-state index in [1.807, 2.05) is 4.98 Å². The summed E-state index contributed by atoms with van der Waals surface area (Å²) in [6, 6.07) is 8.92. The van der Waals surface area contributed by atoms with Crippen molar-refractivity contribution in [1.82, 2.24) is 14.6 Å². The Hall–Kier alpha value is -3.24. The van der Waals surface area contributed by atoms with Gasteiger partial charge in [0.1, 0.15) is 31.1 Å². The molecule has 194 valence electrons. The quantitative estimate of drug-likeness (QED) is 0.186. The first-order valence-corrected chi connectivity index (χ1v) is 12.3. The lowest BCUT2D eigenvalue weighted by molar-refractivity contribution is -0.146. The van der Waals surface area contributed by atoms with Crippen molar-refractivity contribution in [2.75, 3.05) is 13.2 Å². The summed E-state index contributed by atoms with van der Waals surface area (Å²) in [4.78, 5) is 37.5. The number of aliphatic hydroxyl groups excluding tert-OH is 2. The number of para-hydroxylation sites is 1. The minimum atomic E-state index is -4.34. The molecular weight excluding hydrogens is 497 g/mol. The molecule has 1 saturated heterocycles. The number of terminal acetylenes is 1. The zero-order valence-corrected chi connectivity index (χ0v) is 20.3. The Labute approximate surface area is 205 Å². The molecule has 0 spiro atoms. The molecule has 13 nitrogen and oxygen atoms in total. The van der Waals surface area contributed by atoms with Crippen LogP contribution in [-0.2, 0) is 23.4 Å². The second-order valence-corrected chi connectivity index (χ2v) is 9.80. The molecule has 3 rings (SSSR count). The number of hydrogen-bond donors (Lipinski definition) is 4. The van der Waals surface area contributed by atoms with Crippen LogP contribution in [0.1, 0.15) is 20.1 Å². The monoisotopic (exact) mass is 523 g/mol. The third kappa shape index (κ3) is 6.30. The van der Waals surface area contributed by atoms with Crippen LogP contribution < -0.4 is 20.9 Å². The molecule has 2 aromatic rings. The van der Waals surface area contributed by atoms with Crippen LogP contribution in [0.2, 0.25) is 0 Å². The molecule has 0 aliphatic carbocycles. The third-order valence-corrected chi connectivity index (χ3v) is 6.46. The van der Waals surface area contributed by atoms with Gasteiger partial charge in [-0.05, 0) is 26.0 Å². The fraction of sp³-hybridized carbons (Fsp3) is 0.409. The summed E-state index contributed by atoms with van der Waals surface area (Å²) in [6.07, 6.45) is 1.19. The molecule has 0 saturated carbocycles. The van der Waals surface area contributed by atoms with Crippen LogP contribution in [0.15, 0.2) is 52.2 Å². The molecule has 36 heavy (non-hydrogen) atoms. The Morgan fingerprint density at radius 2 is 2.00 bits per heavy atom. The van der Waals surface area contributed by atoms with Gasteiger partial charge in [0.05, 0.1) is 6.10 Å². The van der Waals surface area contributed by atoms with Crippen LogP contribution in [0.25, 0.3) is 0 Å². The molecule has 5 atom stereocenters. The van der Waals surface area contributed by atoms with Crippen molar-refractivity contribution >= 4 is 13.7 Å². The van der Waals surface area contributed by atoms with Crippen molar-refractivity contribution in [3.63, 3.8) is 0 Å². The molecule has 4 N–H and O–H groups in total. The van der Waals surface area contributed by atoms with E-state index in [-0.39, 0.29) is 5.75 Å². The first kappa shape index (κ1) is 27.3. The minimum absolute atomic E-state index is 0.130. The number of nitrogens with zero attached hydrogens (tertiary/aromatic N) is 1. The molecule has 0 radical (unpaired) electrons. The molecule has 1 aromatic carbocycles. The highest BCUT2D eigenvalue weighted by molar-refractivity contribution is 7.52. The topological polar surface area (TPSA) is 178 Å². The molecule has 1 aromatic heterocycles. The average molecular weight is 523 g/mol. The van der Waals surface area contributed by atoms with E-state index >= 15 is 0 Å². The van der Waals surface area contributed by atoms with Gasteiger partial charge in [-0.1, -0.05) is 24.1 Å². The highest BCUT2D eigenvalue weighted by Crippen LogP contribution is 2.47. The van der Waals surface area contributed by atoms with Gasteiger partial charge >= 0.3 is 19.4 Å². The molecule has 14 heteroatoms. The second kappa shape index (κ2) is 11.2. The standard InChI is InChI=1S/C22H26N3O10P/c1-4-22(19(29)18(28)20(34-22)25-11-10-16(26)24-21(25)30)13-32-36(31,23-12-17(27)33-14(2)3)35-15-8-6-5-7-9-15/h1,5-11,14,18-20,28-29H,12-13H2,2-3H3,(H,23,31)(H,24,26,30)/t18-,19+,20-,22-,36?/m1/s1. The van der Waals surface area contributed by atoms with Gasteiger partial charge in [-0.2, -0.15) is 0 Å². The van der Waals surface area contributed by atoms with Crippen molar-refractivity contribution in [2.45, 2.75) is 44.0 Å². The number of aromatic nitrogens is 2. The Morgan fingerprint density at radius 3 is 2.61 bits per heavy atom. The number of hydrogen-bond acceptors (Lipinski definition) is 10. The molecule has 1 unspecified atom stereocenters. The second-order valence-electron chi connectivity index (χ2n) is 8.04. The van der Waals surface area contributed by atoms with Crippen LogP contribution in [0.5, 0.6) is 5.75 Å². The maximum absolute atomic E-state index is 13.5. The van der Waals surface area contributed by atoms with E-state index in [0.717, 1.165) is 16.8 Å². The average Bonchev–Trinajstić information content (AvgIpc) is 3.07. The van der Waals surface area contributed by atoms with E-state index in [1.54, 1.807) is 32.0 Å².